The van der Waals surface area contributed by atoms with Gasteiger partial charge in [0.25, 0.3) is 0 Å². The van der Waals surface area contributed by atoms with Crippen LogP contribution in [-0.2, 0) is 23.0 Å². The SMILES string of the molecule is CCCCCN(C)S(=O)(=O)c1cc(CCl)n(C)c1. The van der Waals surface area contributed by atoms with Crippen molar-refractivity contribution < 1.29 is 8.42 Å². The number of alkyl halides is 1. The zero-order valence-electron chi connectivity index (χ0n) is 11.2. The topological polar surface area (TPSA) is 42.3 Å². The first-order valence-corrected chi connectivity index (χ1v) is 8.08. The summed E-state index contributed by atoms with van der Waals surface area (Å²) in [6, 6.07) is 1.64. The van der Waals surface area contributed by atoms with E-state index in [4.69, 9.17) is 11.6 Å². The number of sulfonamides is 1. The van der Waals surface area contributed by atoms with Crippen LogP contribution in [0.4, 0.5) is 0 Å². The lowest BCUT2D eigenvalue weighted by molar-refractivity contribution is 0.454. The van der Waals surface area contributed by atoms with E-state index in [0.717, 1.165) is 25.0 Å². The Kier molecular flexibility index (Phi) is 5.69. The van der Waals surface area contributed by atoms with Gasteiger partial charge in [-0.2, -0.15) is 0 Å². The number of unbranched alkanes of at least 4 members (excludes halogenated alkanes) is 2. The third-order valence-corrected chi connectivity index (χ3v) is 5.10. The molecule has 104 valence electrons. The molecule has 0 atom stereocenters. The quantitative estimate of drug-likeness (QED) is 0.572. The van der Waals surface area contributed by atoms with Gasteiger partial charge in [-0.05, 0) is 12.5 Å². The number of halogens is 1. The van der Waals surface area contributed by atoms with E-state index in [2.05, 4.69) is 6.92 Å². The molecule has 1 aromatic heterocycles. The number of nitrogens with zero attached hydrogens (tertiary/aromatic N) is 2. The van der Waals surface area contributed by atoms with Crippen LogP contribution in [0.5, 0.6) is 0 Å². The maximum absolute atomic E-state index is 12.3. The molecule has 0 unspecified atom stereocenters. The molecule has 0 aromatic carbocycles. The first-order chi connectivity index (χ1) is 8.43. The van der Waals surface area contributed by atoms with Crippen molar-refractivity contribution in [2.75, 3.05) is 13.6 Å². The normalized spacial score (nSPS) is 12.3. The van der Waals surface area contributed by atoms with Gasteiger partial charge in [-0.1, -0.05) is 19.8 Å². The molecule has 0 bridgehead atoms. The fourth-order valence-corrected chi connectivity index (χ4v) is 3.31. The number of aromatic nitrogens is 1. The highest BCUT2D eigenvalue weighted by Gasteiger charge is 2.22. The minimum absolute atomic E-state index is 0.311. The lowest BCUT2D eigenvalue weighted by Crippen LogP contribution is -2.27. The number of aryl methyl sites for hydroxylation is 1. The van der Waals surface area contributed by atoms with E-state index in [1.807, 2.05) is 0 Å². The van der Waals surface area contributed by atoms with E-state index < -0.39 is 10.0 Å². The lowest BCUT2D eigenvalue weighted by Gasteiger charge is -2.15. The zero-order chi connectivity index (χ0) is 13.8. The highest BCUT2D eigenvalue weighted by Crippen LogP contribution is 2.19. The monoisotopic (exact) mass is 292 g/mol. The molecule has 0 N–H and O–H groups in total. The van der Waals surface area contributed by atoms with Crippen LogP contribution in [0.25, 0.3) is 0 Å². The van der Waals surface area contributed by atoms with Gasteiger partial charge in [0.2, 0.25) is 10.0 Å². The molecule has 0 aliphatic carbocycles. The van der Waals surface area contributed by atoms with Gasteiger partial charge >= 0.3 is 0 Å². The van der Waals surface area contributed by atoms with Crippen molar-refractivity contribution >= 4 is 21.6 Å². The fraction of sp³-hybridized carbons (Fsp3) is 0.667. The van der Waals surface area contributed by atoms with Crippen molar-refractivity contribution in [2.45, 2.75) is 37.0 Å². The van der Waals surface area contributed by atoms with E-state index in [9.17, 15) is 8.42 Å². The van der Waals surface area contributed by atoms with Gasteiger partial charge in [0.1, 0.15) is 4.90 Å². The van der Waals surface area contributed by atoms with Crippen molar-refractivity contribution in [2.24, 2.45) is 7.05 Å². The van der Waals surface area contributed by atoms with E-state index >= 15 is 0 Å². The van der Waals surface area contributed by atoms with Crippen LogP contribution in [0.3, 0.4) is 0 Å². The molecule has 0 radical (unpaired) electrons. The molecule has 0 aliphatic heterocycles. The van der Waals surface area contributed by atoms with Gasteiger partial charge in [-0.25, -0.2) is 12.7 Å². The molecule has 0 saturated carbocycles. The number of hydrogen-bond acceptors (Lipinski definition) is 2. The Morgan fingerprint density at radius 2 is 2.06 bits per heavy atom. The molecule has 1 heterocycles. The van der Waals surface area contributed by atoms with Crippen molar-refractivity contribution in [3.8, 4) is 0 Å². The third kappa shape index (κ3) is 3.49. The van der Waals surface area contributed by atoms with Crippen LogP contribution in [0.15, 0.2) is 17.2 Å². The number of rotatable bonds is 7. The highest BCUT2D eigenvalue weighted by molar-refractivity contribution is 7.89. The summed E-state index contributed by atoms with van der Waals surface area (Å²) in [4.78, 5) is 0.319. The van der Waals surface area contributed by atoms with Crippen LogP contribution in [0.1, 0.15) is 31.9 Å². The van der Waals surface area contributed by atoms with Crippen LogP contribution in [0.2, 0.25) is 0 Å². The summed E-state index contributed by atoms with van der Waals surface area (Å²) in [6.07, 6.45) is 4.63. The average molecular weight is 293 g/mol. The second-order valence-electron chi connectivity index (χ2n) is 4.45. The first-order valence-electron chi connectivity index (χ1n) is 6.11. The molecule has 0 spiro atoms. The second-order valence-corrected chi connectivity index (χ2v) is 6.76. The summed E-state index contributed by atoms with van der Waals surface area (Å²) in [5.74, 6) is 0.311. The molecule has 6 heteroatoms. The fourth-order valence-electron chi connectivity index (χ4n) is 1.74. The smallest absolute Gasteiger partial charge is 0.244 e. The largest absolute Gasteiger partial charge is 0.352 e. The Bertz CT molecular complexity index is 482. The lowest BCUT2D eigenvalue weighted by atomic mass is 10.2. The molecular weight excluding hydrogens is 272 g/mol. The molecule has 0 saturated heterocycles. The second kappa shape index (κ2) is 6.59. The molecular formula is C12H21ClN2O2S. The van der Waals surface area contributed by atoms with Gasteiger partial charge < -0.3 is 4.57 Å². The Balaban J connectivity index is 2.84. The molecule has 0 fully saturated rings. The maximum Gasteiger partial charge on any atom is 0.244 e. The molecule has 0 amide bonds. The van der Waals surface area contributed by atoms with Crippen molar-refractivity contribution in [1.29, 1.82) is 0 Å². The summed E-state index contributed by atoms with van der Waals surface area (Å²) < 4.78 is 27.7. The van der Waals surface area contributed by atoms with E-state index in [-0.39, 0.29) is 0 Å². The Labute approximate surface area is 115 Å². The van der Waals surface area contributed by atoms with Crippen LogP contribution >= 0.6 is 11.6 Å². The highest BCUT2D eigenvalue weighted by atomic mass is 35.5. The summed E-state index contributed by atoms with van der Waals surface area (Å²) in [5.41, 5.74) is 0.803. The number of hydrogen-bond donors (Lipinski definition) is 0. The Hall–Kier alpha value is -0.520. The van der Waals surface area contributed by atoms with Crippen LogP contribution in [0, 0.1) is 0 Å². The Morgan fingerprint density at radius 1 is 1.39 bits per heavy atom. The zero-order valence-corrected chi connectivity index (χ0v) is 12.8. The predicted octanol–water partition coefficient (Wildman–Crippen LogP) is 2.57. The maximum atomic E-state index is 12.3. The van der Waals surface area contributed by atoms with Gasteiger partial charge in [-0.15, -0.1) is 11.6 Å². The molecule has 18 heavy (non-hydrogen) atoms. The molecule has 0 aliphatic rings. The van der Waals surface area contributed by atoms with Crippen LogP contribution < -0.4 is 0 Å². The third-order valence-electron chi connectivity index (χ3n) is 3.00. The van der Waals surface area contributed by atoms with E-state index in [1.165, 1.54) is 4.31 Å². The van der Waals surface area contributed by atoms with Gasteiger partial charge in [0.15, 0.2) is 0 Å². The average Bonchev–Trinajstić information content (AvgIpc) is 2.71. The molecule has 4 nitrogen and oxygen atoms in total. The van der Waals surface area contributed by atoms with Crippen molar-refractivity contribution in [3.05, 3.63) is 18.0 Å². The van der Waals surface area contributed by atoms with E-state index in [0.29, 0.717) is 17.3 Å². The summed E-state index contributed by atoms with van der Waals surface area (Å²) in [5, 5.41) is 0. The predicted molar refractivity (Wildman–Crippen MR) is 74.3 cm³/mol. The Morgan fingerprint density at radius 3 is 2.56 bits per heavy atom. The molecule has 1 rings (SSSR count). The standard InChI is InChI=1S/C12H21ClN2O2S/c1-4-5-6-7-15(3)18(16,17)12-8-11(9-13)14(2)10-12/h8,10H,4-7,9H2,1-3H3. The minimum Gasteiger partial charge on any atom is -0.352 e. The first kappa shape index (κ1) is 15.5. The summed E-state index contributed by atoms with van der Waals surface area (Å²) in [7, 11) is 0.0454. The van der Waals surface area contributed by atoms with Gasteiger partial charge in [-0.3, -0.25) is 0 Å². The van der Waals surface area contributed by atoms with Crippen molar-refractivity contribution in [3.63, 3.8) is 0 Å². The van der Waals surface area contributed by atoms with Gasteiger partial charge in [0, 0.05) is 32.5 Å². The van der Waals surface area contributed by atoms with Crippen LogP contribution in [-0.4, -0.2) is 30.9 Å². The van der Waals surface area contributed by atoms with Crippen molar-refractivity contribution in [1.82, 2.24) is 8.87 Å². The summed E-state index contributed by atoms with van der Waals surface area (Å²) in [6.45, 7) is 2.65. The summed E-state index contributed by atoms with van der Waals surface area (Å²) >= 11 is 5.75. The van der Waals surface area contributed by atoms with Gasteiger partial charge in [0.05, 0.1) is 5.88 Å². The van der Waals surface area contributed by atoms with E-state index in [1.54, 1.807) is 30.9 Å². The molecule has 1 aromatic rings. The minimum atomic E-state index is -3.38.